The Morgan fingerprint density at radius 2 is 0.444 bits per heavy atom. The van der Waals surface area contributed by atoms with Gasteiger partial charge in [0.05, 0.1) is 98.6 Å². The third-order valence-corrected chi connectivity index (χ3v) is 21.7. The van der Waals surface area contributed by atoms with E-state index in [2.05, 4.69) is 0 Å². The van der Waals surface area contributed by atoms with Gasteiger partial charge in [-0.05, 0) is 62.6 Å². The van der Waals surface area contributed by atoms with Crippen molar-refractivity contribution in [2.75, 3.05) is 26.4 Å². The second kappa shape index (κ2) is 47.3. The minimum atomic E-state index is -1.72. The summed E-state index contributed by atoms with van der Waals surface area (Å²) in [7, 11) is 0. The number of rotatable bonds is 43. The highest BCUT2D eigenvalue weighted by Crippen LogP contribution is 2.41. The summed E-state index contributed by atoms with van der Waals surface area (Å²) in [6.07, 6.45) is -24.3. The van der Waals surface area contributed by atoms with Crippen LogP contribution in [-0.4, -0.2) is 167 Å². The lowest BCUT2D eigenvalue weighted by atomic mass is 9.93. The largest absolute Gasteiger partial charge is 0.457 e. The van der Waals surface area contributed by atoms with Gasteiger partial charge in [-0.25, -0.2) is 0 Å². The Bertz CT molecular complexity index is 4720. The second-order valence-corrected chi connectivity index (χ2v) is 31.1. The van der Waals surface area contributed by atoms with Gasteiger partial charge in [0.25, 0.3) is 0 Å². The van der Waals surface area contributed by atoms with Crippen LogP contribution in [0.25, 0.3) is 0 Å². The highest BCUT2D eigenvalue weighted by molar-refractivity contribution is 5.68. The molecule has 124 heavy (non-hydrogen) atoms. The van der Waals surface area contributed by atoms with Crippen molar-refractivity contribution in [3.05, 3.63) is 359 Å². The minimum absolute atomic E-state index is 0.00812. The number of ether oxygens (including phenoxy) is 20. The Morgan fingerprint density at radius 3 is 0.758 bits per heavy atom. The third-order valence-electron chi connectivity index (χ3n) is 21.7. The molecule has 23 nitrogen and oxygen atoms in total. The lowest BCUT2D eigenvalue weighted by Crippen LogP contribution is -2.67. The van der Waals surface area contributed by atoms with Crippen LogP contribution in [0.5, 0.6) is 0 Å². The van der Waals surface area contributed by atoms with Gasteiger partial charge < -0.3 is 94.7 Å². The summed E-state index contributed by atoms with van der Waals surface area (Å²) >= 11 is 0. The molecule has 4 saturated heterocycles. The quantitative estimate of drug-likeness (QED) is 0.0255. The van der Waals surface area contributed by atoms with Gasteiger partial charge in [0.15, 0.2) is 43.3 Å². The van der Waals surface area contributed by atoms with Crippen LogP contribution >= 0.6 is 0 Å². The zero-order chi connectivity index (χ0) is 85.4. The summed E-state index contributed by atoms with van der Waals surface area (Å²) < 4.78 is 141. The smallest absolute Gasteiger partial charge is 0.303 e. The van der Waals surface area contributed by atoms with Gasteiger partial charge in [-0.2, -0.15) is 0 Å². The minimum Gasteiger partial charge on any atom is -0.457 e. The van der Waals surface area contributed by atoms with Gasteiger partial charge >= 0.3 is 17.9 Å². The van der Waals surface area contributed by atoms with E-state index < -0.39 is 141 Å². The molecule has 10 aromatic carbocycles. The van der Waals surface area contributed by atoms with Gasteiger partial charge in [0, 0.05) is 20.8 Å². The Labute approximate surface area is 725 Å². The van der Waals surface area contributed by atoms with Crippen LogP contribution in [-0.2, 0) is 175 Å². The summed E-state index contributed by atoms with van der Waals surface area (Å²) in [4.78, 5) is 41.9. The fraction of sp³-hybridized carbons (Fsp3) is 0.376. The standard InChI is InChI=1S/C101H110O23/c1-69-87(108-58-76-41-21-8-22-42-76)93(123-100-96(114-64-82-53-33-14-34-54-82)92(113-63-81-51-31-13-32-52-81)88(109-59-77-43-23-9-24-44-77)83(121-100)65-105-55-73-35-15-5-16-36-73)91(112-62-80-49-29-12-30-50-80)86(116-69)68-115-99-97(94(117-70(2)102)89(110-60-78-45-25-10-26-46-78)84(120-99)66-106-56-74-37-17-6-18-38-74)124-101-98(119-72(4)104)95(118-71(3)103)90(111-61-79-47-27-11-28-48-79)85(122-101)67-107-57-75-39-19-7-20-40-75/h5-54,69,83-101H,55-68H2,1-4H3/t69-,83?,84?,85?,86?,87?,88-,89-,90-,91-,92?,93+,94-,95-,96?,97?,98?,99+,100+,101-/m0/s1. The molecule has 20 atom stereocenters. The summed E-state index contributed by atoms with van der Waals surface area (Å²) in [5, 5.41) is 0. The molecule has 23 heteroatoms. The molecule has 652 valence electrons. The fourth-order valence-corrected chi connectivity index (χ4v) is 15.8. The summed E-state index contributed by atoms with van der Waals surface area (Å²) in [6.45, 7) is 6.03. The lowest BCUT2D eigenvalue weighted by Gasteiger charge is -2.51. The Hall–Kier alpha value is -10.1. The van der Waals surface area contributed by atoms with E-state index in [-0.39, 0.29) is 92.5 Å². The van der Waals surface area contributed by atoms with Crippen LogP contribution in [0.3, 0.4) is 0 Å². The van der Waals surface area contributed by atoms with Gasteiger partial charge in [0.2, 0.25) is 0 Å². The zero-order valence-corrected chi connectivity index (χ0v) is 70.2. The van der Waals surface area contributed by atoms with E-state index in [4.69, 9.17) is 94.7 Å². The topological polar surface area (TPSA) is 236 Å². The highest BCUT2D eigenvalue weighted by Gasteiger charge is 2.59. The first-order valence-corrected chi connectivity index (χ1v) is 42.4. The molecule has 0 N–H and O–H groups in total. The van der Waals surface area contributed by atoms with Crippen molar-refractivity contribution in [1.82, 2.24) is 0 Å². The molecule has 9 unspecified atom stereocenters. The maximum atomic E-state index is 14.3. The van der Waals surface area contributed by atoms with Crippen molar-refractivity contribution in [2.45, 2.75) is 216 Å². The average molecular weight is 1690 g/mol. The van der Waals surface area contributed by atoms with Gasteiger partial charge in [0.1, 0.15) is 73.2 Å². The number of esters is 3. The Kier molecular flexibility index (Phi) is 34.4. The lowest BCUT2D eigenvalue weighted by molar-refractivity contribution is -0.381. The summed E-state index contributed by atoms with van der Waals surface area (Å²) in [5.41, 5.74) is 8.61. The first-order chi connectivity index (χ1) is 60.9. The van der Waals surface area contributed by atoms with Gasteiger partial charge in [-0.15, -0.1) is 0 Å². The van der Waals surface area contributed by atoms with E-state index in [1.807, 2.05) is 310 Å². The molecule has 10 aromatic rings. The first kappa shape index (κ1) is 90.2. The molecule has 4 fully saturated rings. The predicted octanol–water partition coefficient (Wildman–Crippen LogP) is 15.3. The molecule has 4 aliphatic rings. The van der Waals surface area contributed by atoms with E-state index in [0.717, 1.165) is 55.6 Å². The Morgan fingerprint density at radius 1 is 0.218 bits per heavy atom. The van der Waals surface area contributed by atoms with E-state index in [1.165, 1.54) is 20.8 Å². The van der Waals surface area contributed by atoms with Crippen LogP contribution in [0.4, 0.5) is 0 Å². The van der Waals surface area contributed by atoms with Crippen molar-refractivity contribution in [2.24, 2.45) is 0 Å². The molecular formula is C101H110O23. The summed E-state index contributed by atoms with van der Waals surface area (Å²) in [6, 6.07) is 97.2. The SMILES string of the molecule is CC(=O)OC1[C@H](OC2[C@H](OCC3O[C@@H](C)C(OCc4ccccc4)[C@@H](O[C@H]4OC(COCc5ccccc5)[C@H](OCc5ccccc5)C(OCc5ccccc5)C4OCc4ccccc4)[C@H]3OCc3ccccc3)OC(COCc3ccccc3)[C@H](OCc3ccccc3)[C@@H]2OC(C)=O)OC(COCc2ccccc2)[C@H](OCc2ccccc2)[C@@H]1OC(C)=O. The Balaban J connectivity index is 0.876. The van der Waals surface area contributed by atoms with Crippen molar-refractivity contribution < 1.29 is 109 Å². The van der Waals surface area contributed by atoms with E-state index in [9.17, 15) is 14.4 Å². The molecule has 4 aliphatic heterocycles. The predicted molar refractivity (Wildman–Crippen MR) is 456 cm³/mol. The van der Waals surface area contributed by atoms with Gasteiger partial charge in [-0.3, -0.25) is 14.4 Å². The molecule has 0 bridgehead atoms. The van der Waals surface area contributed by atoms with Crippen molar-refractivity contribution in [3.63, 3.8) is 0 Å². The molecule has 4 heterocycles. The number of hydrogen-bond donors (Lipinski definition) is 0. The summed E-state index contributed by atoms with van der Waals surface area (Å²) in [5.74, 6) is -2.26. The van der Waals surface area contributed by atoms with E-state index >= 15 is 0 Å². The highest BCUT2D eigenvalue weighted by atomic mass is 16.8. The number of hydrogen-bond acceptors (Lipinski definition) is 23. The molecule has 0 aromatic heterocycles. The monoisotopic (exact) mass is 1690 g/mol. The molecule has 0 radical (unpaired) electrons. The number of carbonyl (C=O) groups excluding carboxylic acids is 3. The third kappa shape index (κ3) is 26.5. The van der Waals surface area contributed by atoms with E-state index in [0.29, 0.717) is 0 Å². The van der Waals surface area contributed by atoms with Crippen molar-refractivity contribution in [3.8, 4) is 0 Å². The number of carbonyl (C=O) groups is 3. The van der Waals surface area contributed by atoms with Gasteiger partial charge in [-0.1, -0.05) is 303 Å². The van der Waals surface area contributed by atoms with Crippen LogP contribution in [0.1, 0.15) is 83.3 Å². The first-order valence-electron chi connectivity index (χ1n) is 42.4. The van der Waals surface area contributed by atoms with Crippen LogP contribution in [0.15, 0.2) is 303 Å². The number of benzene rings is 10. The molecule has 0 amide bonds. The molecule has 0 saturated carbocycles. The molecule has 14 rings (SSSR count). The fourth-order valence-electron chi connectivity index (χ4n) is 15.8. The second-order valence-electron chi connectivity index (χ2n) is 31.1. The zero-order valence-electron chi connectivity index (χ0n) is 70.2. The van der Waals surface area contributed by atoms with E-state index in [1.54, 1.807) is 0 Å². The van der Waals surface area contributed by atoms with Crippen LogP contribution in [0.2, 0.25) is 0 Å². The average Bonchev–Trinajstić information content (AvgIpc) is 0.765. The normalized spacial score (nSPS) is 26.3. The van der Waals surface area contributed by atoms with Crippen LogP contribution in [0, 0.1) is 0 Å². The van der Waals surface area contributed by atoms with Crippen molar-refractivity contribution >= 4 is 17.9 Å². The maximum Gasteiger partial charge on any atom is 0.303 e. The maximum absolute atomic E-state index is 14.3. The molecule has 0 aliphatic carbocycles. The van der Waals surface area contributed by atoms with Crippen LogP contribution < -0.4 is 0 Å². The molecular weight excluding hydrogens is 1580 g/mol. The van der Waals surface area contributed by atoms with Crippen molar-refractivity contribution in [1.29, 1.82) is 0 Å². The molecule has 0 spiro atoms.